The fourth-order valence-corrected chi connectivity index (χ4v) is 2.41. The van der Waals surface area contributed by atoms with Crippen molar-refractivity contribution in [2.75, 3.05) is 13.7 Å². The average molecular weight is 271 g/mol. The Morgan fingerprint density at radius 3 is 2.60 bits per heavy atom. The number of hydrogen-bond acceptors (Lipinski definition) is 3. The molecule has 0 aliphatic heterocycles. The van der Waals surface area contributed by atoms with Crippen LogP contribution in [0.5, 0.6) is 5.75 Å². The predicted molar refractivity (Wildman–Crippen MR) is 74.9 cm³/mol. The molecule has 3 rings (SSSR count). The Bertz CT molecular complexity index is 583. The molecular weight excluding hydrogens is 254 g/mol. The summed E-state index contributed by atoms with van der Waals surface area (Å²) in [5.74, 6) is 1.05. The highest BCUT2D eigenvalue weighted by atomic mass is 16.5. The van der Waals surface area contributed by atoms with E-state index in [1.165, 1.54) is 11.8 Å². The zero-order valence-corrected chi connectivity index (χ0v) is 11.4. The summed E-state index contributed by atoms with van der Waals surface area (Å²) in [4.78, 5) is 11.9. The molecule has 1 aromatic heterocycles. The third kappa shape index (κ3) is 2.41. The van der Waals surface area contributed by atoms with Crippen molar-refractivity contribution >= 4 is 5.91 Å². The molecule has 20 heavy (non-hydrogen) atoms. The van der Waals surface area contributed by atoms with Crippen molar-refractivity contribution in [3.05, 3.63) is 54.0 Å². The molecule has 4 heteroatoms. The minimum absolute atomic E-state index is 0.0779. The number of amides is 1. The minimum atomic E-state index is -0.158. The van der Waals surface area contributed by atoms with Crippen LogP contribution in [0.4, 0.5) is 0 Å². The van der Waals surface area contributed by atoms with E-state index >= 15 is 0 Å². The maximum absolute atomic E-state index is 11.9. The van der Waals surface area contributed by atoms with Gasteiger partial charge in [0.1, 0.15) is 5.75 Å². The Morgan fingerprint density at radius 2 is 2.05 bits per heavy atom. The smallest absolute Gasteiger partial charge is 0.287 e. The third-order valence-corrected chi connectivity index (χ3v) is 3.89. The highest BCUT2D eigenvalue weighted by molar-refractivity contribution is 5.91. The molecule has 0 unspecified atom stereocenters. The molecule has 1 N–H and O–H groups in total. The molecule has 1 aliphatic carbocycles. The van der Waals surface area contributed by atoms with Gasteiger partial charge in [0.25, 0.3) is 5.91 Å². The summed E-state index contributed by atoms with van der Waals surface area (Å²) in [6.45, 7) is 0.638. The predicted octanol–water partition coefficient (Wildman–Crippen LogP) is 2.75. The molecule has 104 valence electrons. The van der Waals surface area contributed by atoms with E-state index in [1.54, 1.807) is 19.2 Å². The Labute approximate surface area is 117 Å². The Kier molecular flexibility index (Phi) is 3.22. The normalized spacial score (nSPS) is 15.7. The molecule has 0 radical (unpaired) electrons. The molecule has 0 spiro atoms. The van der Waals surface area contributed by atoms with Crippen LogP contribution >= 0.6 is 0 Å². The van der Waals surface area contributed by atoms with Gasteiger partial charge in [-0.05, 0) is 42.7 Å². The molecule has 0 atom stereocenters. The molecule has 1 aliphatic rings. The van der Waals surface area contributed by atoms with Crippen molar-refractivity contribution in [1.29, 1.82) is 0 Å². The molecule has 4 nitrogen and oxygen atoms in total. The number of rotatable bonds is 5. The van der Waals surface area contributed by atoms with Crippen molar-refractivity contribution in [2.45, 2.75) is 18.3 Å². The molecule has 0 saturated heterocycles. The van der Waals surface area contributed by atoms with Gasteiger partial charge in [0.05, 0.1) is 13.4 Å². The number of hydrogen-bond donors (Lipinski definition) is 1. The summed E-state index contributed by atoms with van der Waals surface area (Å²) >= 11 is 0. The number of benzene rings is 1. The van der Waals surface area contributed by atoms with Crippen LogP contribution in [-0.4, -0.2) is 19.6 Å². The lowest BCUT2D eigenvalue weighted by molar-refractivity contribution is 0.0922. The lowest BCUT2D eigenvalue weighted by Crippen LogP contribution is -2.32. The van der Waals surface area contributed by atoms with E-state index in [2.05, 4.69) is 17.4 Å². The topological polar surface area (TPSA) is 51.5 Å². The van der Waals surface area contributed by atoms with Gasteiger partial charge in [-0.2, -0.15) is 0 Å². The van der Waals surface area contributed by atoms with Crippen LogP contribution in [0.2, 0.25) is 0 Å². The second kappa shape index (κ2) is 5.04. The van der Waals surface area contributed by atoms with Crippen molar-refractivity contribution in [3.8, 4) is 5.75 Å². The molecular formula is C16H17NO3. The maximum Gasteiger partial charge on any atom is 0.287 e. The first-order valence-corrected chi connectivity index (χ1v) is 6.70. The van der Waals surface area contributed by atoms with E-state index in [0.717, 1.165) is 18.6 Å². The molecule has 1 aromatic carbocycles. The van der Waals surface area contributed by atoms with Crippen molar-refractivity contribution < 1.29 is 13.9 Å². The summed E-state index contributed by atoms with van der Waals surface area (Å²) < 4.78 is 10.3. The van der Waals surface area contributed by atoms with Crippen LogP contribution in [0.25, 0.3) is 0 Å². The van der Waals surface area contributed by atoms with Gasteiger partial charge in [0.2, 0.25) is 0 Å². The summed E-state index contributed by atoms with van der Waals surface area (Å²) in [5.41, 5.74) is 1.33. The van der Waals surface area contributed by atoms with Gasteiger partial charge in [-0.15, -0.1) is 0 Å². The van der Waals surface area contributed by atoms with E-state index in [1.807, 2.05) is 12.1 Å². The van der Waals surface area contributed by atoms with E-state index < -0.39 is 0 Å². The lowest BCUT2D eigenvalue weighted by Gasteiger charge is -2.16. The number of carbonyl (C=O) groups excluding carboxylic acids is 1. The van der Waals surface area contributed by atoms with E-state index in [-0.39, 0.29) is 11.3 Å². The summed E-state index contributed by atoms with van der Waals surface area (Å²) in [5, 5.41) is 2.95. The molecule has 1 saturated carbocycles. The molecule has 1 fully saturated rings. The zero-order valence-electron chi connectivity index (χ0n) is 11.4. The first kappa shape index (κ1) is 12.8. The SMILES string of the molecule is COc1ccc(C2(CNC(=O)c3ccco3)CC2)cc1. The minimum Gasteiger partial charge on any atom is -0.497 e. The van der Waals surface area contributed by atoms with Gasteiger partial charge in [-0.3, -0.25) is 4.79 Å². The van der Waals surface area contributed by atoms with Gasteiger partial charge in [0.15, 0.2) is 5.76 Å². The Balaban J connectivity index is 1.65. The van der Waals surface area contributed by atoms with Gasteiger partial charge in [-0.1, -0.05) is 12.1 Å². The first-order valence-electron chi connectivity index (χ1n) is 6.70. The number of ether oxygens (including phenoxy) is 1. The lowest BCUT2D eigenvalue weighted by atomic mass is 9.96. The van der Waals surface area contributed by atoms with Crippen LogP contribution in [-0.2, 0) is 5.41 Å². The fraction of sp³-hybridized carbons (Fsp3) is 0.312. The van der Waals surface area contributed by atoms with Crippen molar-refractivity contribution in [2.24, 2.45) is 0 Å². The second-order valence-electron chi connectivity index (χ2n) is 5.17. The third-order valence-electron chi connectivity index (χ3n) is 3.89. The van der Waals surface area contributed by atoms with E-state index in [4.69, 9.17) is 9.15 Å². The molecule has 2 aromatic rings. The summed E-state index contributed by atoms with van der Waals surface area (Å²) in [6, 6.07) is 11.5. The van der Waals surface area contributed by atoms with Crippen LogP contribution in [0, 0.1) is 0 Å². The fourth-order valence-electron chi connectivity index (χ4n) is 2.41. The summed E-state index contributed by atoms with van der Waals surface area (Å²) in [6.07, 6.45) is 3.70. The van der Waals surface area contributed by atoms with Crippen molar-refractivity contribution in [1.82, 2.24) is 5.32 Å². The van der Waals surface area contributed by atoms with Crippen LogP contribution in [0.3, 0.4) is 0 Å². The number of carbonyl (C=O) groups is 1. The first-order chi connectivity index (χ1) is 9.73. The van der Waals surface area contributed by atoms with Gasteiger partial charge < -0.3 is 14.5 Å². The standard InChI is InChI=1S/C16H17NO3/c1-19-13-6-4-12(5-7-13)16(8-9-16)11-17-15(18)14-3-2-10-20-14/h2-7,10H,8-9,11H2,1H3,(H,17,18). The summed E-state index contributed by atoms with van der Waals surface area (Å²) in [7, 11) is 1.66. The quantitative estimate of drug-likeness (QED) is 0.909. The largest absolute Gasteiger partial charge is 0.497 e. The van der Waals surface area contributed by atoms with Gasteiger partial charge in [-0.25, -0.2) is 0 Å². The van der Waals surface area contributed by atoms with Gasteiger partial charge >= 0.3 is 0 Å². The number of nitrogens with one attached hydrogen (secondary N) is 1. The van der Waals surface area contributed by atoms with Crippen LogP contribution in [0.15, 0.2) is 47.1 Å². The Hall–Kier alpha value is -2.23. The Morgan fingerprint density at radius 1 is 1.30 bits per heavy atom. The zero-order chi connectivity index (χ0) is 14.0. The highest BCUT2D eigenvalue weighted by Gasteiger charge is 2.44. The average Bonchev–Trinajstić information content (AvgIpc) is 3.08. The number of furan rings is 1. The van der Waals surface area contributed by atoms with Crippen molar-refractivity contribution in [3.63, 3.8) is 0 Å². The molecule has 0 bridgehead atoms. The molecule has 1 heterocycles. The molecule has 1 amide bonds. The van der Waals surface area contributed by atoms with Crippen LogP contribution in [0.1, 0.15) is 29.0 Å². The second-order valence-corrected chi connectivity index (χ2v) is 5.17. The van der Waals surface area contributed by atoms with Gasteiger partial charge in [0, 0.05) is 12.0 Å². The maximum atomic E-state index is 11.9. The monoisotopic (exact) mass is 271 g/mol. The number of methoxy groups -OCH3 is 1. The van der Waals surface area contributed by atoms with Crippen LogP contribution < -0.4 is 10.1 Å². The van der Waals surface area contributed by atoms with E-state index in [0.29, 0.717) is 12.3 Å². The highest BCUT2D eigenvalue weighted by Crippen LogP contribution is 2.47. The van der Waals surface area contributed by atoms with E-state index in [9.17, 15) is 4.79 Å².